The van der Waals surface area contributed by atoms with Crippen molar-refractivity contribution in [1.29, 1.82) is 10.5 Å². The quantitative estimate of drug-likeness (QED) is 0.332. The van der Waals surface area contributed by atoms with E-state index >= 15 is 0 Å². The van der Waals surface area contributed by atoms with Gasteiger partial charge in [-0.25, -0.2) is 0 Å². The van der Waals surface area contributed by atoms with Crippen LogP contribution < -0.4 is 4.90 Å². The molecule has 1 aliphatic rings. The first-order valence-electron chi connectivity index (χ1n) is 10.1. The number of anilines is 1. The number of azo groups is 1. The topological polar surface area (TPSA) is 75.5 Å². The van der Waals surface area contributed by atoms with Crippen LogP contribution in [-0.4, -0.2) is 26.4 Å². The summed E-state index contributed by atoms with van der Waals surface area (Å²) in [5, 5.41) is 26.3. The molecule has 0 bridgehead atoms. The molecule has 0 saturated heterocycles. The van der Waals surface area contributed by atoms with Crippen LogP contribution in [0, 0.1) is 28.6 Å². The molecule has 1 aliphatic carbocycles. The third kappa shape index (κ3) is 5.52. The fraction of sp³-hybridized carbons (Fsp3) is 0.250. The van der Waals surface area contributed by atoms with Crippen LogP contribution in [0.1, 0.15) is 5.56 Å². The summed E-state index contributed by atoms with van der Waals surface area (Å²) in [5.74, 6) is -2.23. The lowest BCUT2D eigenvalue weighted by Crippen LogP contribution is -2.27. The number of alkyl halides is 6. The van der Waals surface area contributed by atoms with Crippen LogP contribution in [0.2, 0.25) is 0 Å². The number of allylic oxidation sites excluding steroid dienone is 4. The minimum Gasteiger partial charge on any atom is -0.378 e. The molecule has 0 heterocycles. The van der Waals surface area contributed by atoms with Crippen LogP contribution in [0.15, 0.2) is 81.1 Å². The van der Waals surface area contributed by atoms with Crippen LogP contribution >= 0.6 is 0 Å². The Bertz CT molecular complexity index is 1220. The SMILES string of the molecule is CN(C)c1ccc(N=Nc2ccc(CC3C(C(F)(F)F)=C(C#N)C(C#N)=C3C(F)(F)F)cc2)cc1. The van der Waals surface area contributed by atoms with E-state index < -0.39 is 47.0 Å². The van der Waals surface area contributed by atoms with Gasteiger partial charge in [0.25, 0.3) is 0 Å². The molecular formula is C24H17F6N5. The number of nitriles is 2. The monoisotopic (exact) mass is 489 g/mol. The zero-order chi connectivity index (χ0) is 26.0. The predicted molar refractivity (Wildman–Crippen MR) is 116 cm³/mol. The molecule has 35 heavy (non-hydrogen) atoms. The molecule has 2 aromatic rings. The van der Waals surface area contributed by atoms with E-state index in [1.165, 1.54) is 24.3 Å². The first-order valence-corrected chi connectivity index (χ1v) is 10.1. The smallest absolute Gasteiger partial charge is 0.378 e. The van der Waals surface area contributed by atoms with Gasteiger partial charge in [-0.15, -0.1) is 0 Å². The normalized spacial score (nSPS) is 15.0. The second-order valence-corrected chi connectivity index (χ2v) is 7.83. The highest BCUT2D eigenvalue weighted by Crippen LogP contribution is 2.51. The molecule has 0 N–H and O–H groups in total. The van der Waals surface area contributed by atoms with Crippen molar-refractivity contribution in [1.82, 2.24) is 0 Å². The first kappa shape index (κ1) is 25.5. The summed E-state index contributed by atoms with van der Waals surface area (Å²) in [6.07, 6.45) is -11.1. The van der Waals surface area contributed by atoms with Gasteiger partial charge in [-0.05, 0) is 48.4 Å². The summed E-state index contributed by atoms with van der Waals surface area (Å²) < 4.78 is 82.0. The van der Waals surface area contributed by atoms with E-state index in [1.54, 1.807) is 12.1 Å². The first-order chi connectivity index (χ1) is 16.4. The van der Waals surface area contributed by atoms with E-state index in [9.17, 15) is 26.3 Å². The van der Waals surface area contributed by atoms with Crippen LogP contribution in [0.25, 0.3) is 0 Å². The molecule has 0 amide bonds. The zero-order valence-electron chi connectivity index (χ0n) is 18.4. The maximum absolute atomic E-state index is 13.7. The number of hydrogen-bond donors (Lipinski definition) is 0. The van der Waals surface area contributed by atoms with E-state index in [2.05, 4.69) is 10.2 Å². The van der Waals surface area contributed by atoms with E-state index in [4.69, 9.17) is 10.5 Å². The molecule has 0 fully saturated rings. The molecule has 0 aliphatic heterocycles. The maximum atomic E-state index is 13.7. The molecular weight excluding hydrogens is 472 g/mol. The lowest BCUT2D eigenvalue weighted by molar-refractivity contribution is -0.111. The zero-order valence-corrected chi connectivity index (χ0v) is 18.4. The van der Waals surface area contributed by atoms with Gasteiger partial charge in [-0.2, -0.15) is 47.1 Å². The summed E-state index contributed by atoms with van der Waals surface area (Å²) in [7, 11) is 3.76. The number of rotatable bonds is 5. The Kier molecular flexibility index (Phi) is 7.01. The minimum absolute atomic E-state index is 0.143. The molecule has 180 valence electrons. The predicted octanol–water partition coefficient (Wildman–Crippen LogP) is 7.11. The van der Waals surface area contributed by atoms with Crippen LogP contribution in [0.3, 0.4) is 0 Å². The van der Waals surface area contributed by atoms with Gasteiger partial charge < -0.3 is 4.90 Å². The van der Waals surface area contributed by atoms with Gasteiger partial charge in [-0.1, -0.05) is 12.1 Å². The standard InChI is InChI=1S/C24H17F6N5/c1-35(2)17-9-7-16(8-10-17)34-33-15-5-3-14(4-6-15)11-18-21(23(25,26)27)19(12-31)20(13-32)22(18)24(28,29)30/h3-10,18H,11H2,1-2H3. The minimum atomic E-state index is -5.22. The Balaban J connectivity index is 1.89. The molecule has 3 rings (SSSR count). The van der Waals surface area contributed by atoms with E-state index in [0.717, 1.165) is 17.8 Å². The third-order valence-electron chi connectivity index (χ3n) is 5.34. The van der Waals surface area contributed by atoms with Gasteiger partial charge in [-0.3, -0.25) is 0 Å². The molecule has 0 spiro atoms. The fourth-order valence-electron chi connectivity index (χ4n) is 3.74. The number of halogens is 6. The van der Waals surface area contributed by atoms with E-state index in [1.807, 2.05) is 31.1 Å². The van der Waals surface area contributed by atoms with Gasteiger partial charge in [0, 0.05) is 25.7 Å². The van der Waals surface area contributed by atoms with Crippen LogP contribution in [0.4, 0.5) is 43.4 Å². The Morgan fingerprint density at radius 1 is 0.743 bits per heavy atom. The number of hydrogen-bond acceptors (Lipinski definition) is 5. The Labute approximate surface area is 196 Å². The summed E-state index contributed by atoms with van der Waals surface area (Å²) in [6.45, 7) is 0. The van der Waals surface area contributed by atoms with Crippen molar-refractivity contribution < 1.29 is 26.3 Å². The lowest BCUT2D eigenvalue weighted by atomic mass is 9.87. The Hall–Kier alpha value is -4.12. The number of nitrogens with zero attached hydrogens (tertiary/aromatic N) is 5. The Morgan fingerprint density at radius 3 is 1.49 bits per heavy atom. The second kappa shape index (κ2) is 9.63. The van der Waals surface area contributed by atoms with Crippen molar-refractivity contribution >= 4 is 17.1 Å². The Morgan fingerprint density at radius 2 is 1.14 bits per heavy atom. The molecule has 0 atom stereocenters. The third-order valence-corrected chi connectivity index (χ3v) is 5.34. The molecule has 2 aromatic carbocycles. The lowest BCUT2D eigenvalue weighted by Gasteiger charge is -2.22. The molecule has 0 radical (unpaired) electrons. The molecule has 0 saturated carbocycles. The van der Waals surface area contributed by atoms with E-state index in [-0.39, 0.29) is 5.56 Å². The molecule has 0 unspecified atom stereocenters. The summed E-state index contributed by atoms with van der Waals surface area (Å²) >= 11 is 0. The molecule has 5 nitrogen and oxygen atoms in total. The van der Waals surface area contributed by atoms with E-state index in [0.29, 0.717) is 11.4 Å². The molecule has 11 heteroatoms. The van der Waals surface area contributed by atoms with Crippen molar-refractivity contribution in [2.24, 2.45) is 16.1 Å². The largest absolute Gasteiger partial charge is 0.414 e. The average Bonchev–Trinajstić information content (AvgIpc) is 3.12. The number of benzene rings is 2. The summed E-state index contributed by atoms with van der Waals surface area (Å²) in [5.41, 5.74) is -3.90. The summed E-state index contributed by atoms with van der Waals surface area (Å²) in [4.78, 5) is 1.90. The maximum Gasteiger partial charge on any atom is 0.414 e. The van der Waals surface area contributed by atoms with Crippen LogP contribution in [-0.2, 0) is 6.42 Å². The molecule has 0 aromatic heterocycles. The van der Waals surface area contributed by atoms with Gasteiger partial charge in [0.1, 0.15) is 12.1 Å². The highest BCUT2D eigenvalue weighted by Gasteiger charge is 2.54. The van der Waals surface area contributed by atoms with Crippen molar-refractivity contribution in [3.63, 3.8) is 0 Å². The van der Waals surface area contributed by atoms with Gasteiger partial charge in [0.2, 0.25) is 0 Å². The van der Waals surface area contributed by atoms with Crippen molar-refractivity contribution in [3.8, 4) is 12.1 Å². The van der Waals surface area contributed by atoms with Crippen molar-refractivity contribution in [2.45, 2.75) is 18.8 Å². The second-order valence-electron chi connectivity index (χ2n) is 7.83. The highest BCUT2D eigenvalue weighted by molar-refractivity contribution is 5.65. The van der Waals surface area contributed by atoms with Crippen LogP contribution in [0.5, 0.6) is 0 Å². The van der Waals surface area contributed by atoms with Crippen molar-refractivity contribution in [2.75, 3.05) is 19.0 Å². The summed E-state index contributed by atoms with van der Waals surface area (Å²) in [6, 6.07) is 14.9. The van der Waals surface area contributed by atoms with Crippen molar-refractivity contribution in [3.05, 3.63) is 76.4 Å². The fourth-order valence-corrected chi connectivity index (χ4v) is 3.74. The average molecular weight is 489 g/mol. The van der Waals surface area contributed by atoms with Gasteiger partial charge >= 0.3 is 12.4 Å². The van der Waals surface area contributed by atoms with Gasteiger partial charge in [0.15, 0.2) is 0 Å². The van der Waals surface area contributed by atoms with Gasteiger partial charge in [0.05, 0.1) is 33.7 Å². The highest BCUT2D eigenvalue weighted by atomic mass is 19.4.